The Morgan fingerprint density at radius 2 is 1.89 bits per heavy atom. The van der Waals surface area contributed by atoms with E-state index in [4.69, 9.17) is 10.2 Å². The number of aliphatic hydroxyl groups is 1. The molecule has 2 atom stereocenters. The van der Waals surface area contributed by atoms with Crippen LogP contribution >= 0.6 is 0 Å². The number of alkyl halides is 2. The van der Waals surface area contributed by atoms with E-state index in [0.717, 1.165) is 4.90 Å². The minimum atomic E-state index is -2.69. The summed E-state index contributed by atoms with van der Waals surface area (Å²) in [6.07, 6.45) is -1.28. The van der Waals surface area contributed by atoms with Crippen molar-refractivity contribution in [3.05, 3.63) is 0 Å². The zero-order valence-corrected chi connectivity index (χ0v) is 9.89. The number of aliphatic hydroxyl groups excluding tert-OH is 1. The molecule has 1 aliphatic carbocycles. The van der Waals surface area contributed by atoms with Crippen LogP contribution in [0.15, 0.2) is 0 Å². The Kier molecular flexibility index (Phi) is 5.46. The molecule has 5 nitrogen and oxygen atoms in total. The maximum absolute atomic E-state index is 12.3. The number of carbonyl (C=O) groups excluding carboxylic acids is 1. The maximum atomic E-state index is 12.3. The molecule has 1 saturated carbocycles. The third-order valence-electron chi connectivity index (χ3n) is 3.19. The minimum Gasteiger partial charge on any atom is -0.481 e. The zero-order valence-electron chi connectivity index (χ0n) is 9.89. The normalized spacial score (nSPS) is 23.3. The molecule has 0 radical (unpaired) electrons. The Hall–Kier alpha value is -1.24. The predicted molar refractivity (Wildman–Crippen MR) is 58.1 cm³/mol. The van der Waals surface area contributed by atoms with Crippen molar-refractivity contribution in [2.75, 3.05) is 19.7 Å². The summed E-state index contributed by atoms with van der Waals surface area (Å²) < 4.78 is 24.6. The van der Waals surface area contributed by atoms with Crippen molar-refractivity contribution >= 4 is 11.9 Å². The molecule has 0 heterocycles. The van der Waals surface area contributed by atoms with Gasteiger partial charge in [0.1, 0.15) is 0 Å². The second-order valence-corrected chi connectivity index (χ2v) is 4.38. The first-order chi connectivity index (χ1) is 8.47. The van der Waals surface area contributed by atoms with Crippen molar-refractivity contribution in [3.63, 3.8) is 0 Å². The van der Waals surface area contributed by atoms with Gasteiger partial charge in [0.25, 0.3) is 6.43 Å². The van der Waals surface area contributed by atoms with Gasteiger partial charge in [0.15, 0.2) is 0 Å². The molecule has 1 aliphatic rings. The van der Waals surface area contributed by atoms with Crippen LogP contribution in [-0.2, 0) is 9.59 Å². The Morgan fingerprint density at radius 3 is 2.39 bits per heavy atom. The van der Waals surface area contributed by atoms with E-state index in [1.807, 2.05) is 0 Å². The third kappa shape index (κ3) is 3.63. The lowest BCUT2D eigenvalue weighted by Crippen LogP contribution is -2.43. The van der Waals surface area contributed by atoms with Crippen molar-refractivity contribution in [2.45, 2.75) is 25.7 Å². The predicted octanol–water partition coefficient (Wildman–Crippen LogP) is 0.573. The van der Waals surface area contributed by atoms with Crippen LogP contribution in [-0.4, -0.2) is 53.1 Å². The molecule has 2 unspecified atom stereocenters. The first-order valence-electron chi connectivity index (χ1n) is 5.88. The number of amides is 1. The molecule has 0 bridgehead atoms. The second-order valence-electron chi connectivity index (χ2n) is 4.38. The van der Waals surface area contributed by atoms with E-state index in [2.05, 4.69) is 0 Å². The standard InChI is InChI=1S/C11H17F2NO4/c12-9(13)6-14(4-5-15)10(16)7-2-1-3-8(7)11(17)18/h7-9,15H,1-6H2,(H,17,18). The Morgan fingerprint density at radius 1 is 1.28 bits per heavy atom. The smallest absolute Gasteiger partial charge is 0.307 e. The summed E-state index contributed by atoms with van der Waals surface area (Å²) in [7, 11) is 0. The summed E-state index contributed by atoms with van der Waals surface area (Å²) in [6, 6.07) is 0. The van der Waals surface area contributed by atoms with E-state index >= 15 is 0 Å². The van der Waals surface area contributed by atoms with Crippen LogP contribution in [0.25, 0.3) is 0 Å². The van der Waals surface area contributed by atoms with Gasteiger partial charge in [-0.25, -0.2) is 8.78 Å². The zero-order chi connectivity index (χ0) is 13.7. The van der Waals surface area contributed by atoms with Crippen molar-refractivity contribution in [2.24, 2.45) is 11.8 Å². The van der Waals surface area contributed by atoms with Gasteiger partial charge in [0.2, 0.25) is 5.91 Å². The van der Waals surface area contributed by atoms with Crippen molar-refractivity contribution in [1.29, 1.82) is 0 Å². The first kappa shape index (κ1) is 14.8. The molecule has 0 aliphatic heterocycles. The van der Waals surface area contributed by atoms with Gasteiger partial charge in [0, 0.05) is 6.54 Å². The lowest BCUT2D eigenvalue weighted by molar-refractivity contribution is -0.150. The van der Waals surface area contributed by atoms with Gasteiger partial charge >= 0.3 is 5.97 Å². The van der Waals surface area contributed by atoms with Crippen LogP contribution in [0.1, 0.15) is 19.3 Å². The Bertz CT molecular complexity index is 311. The van der Waals surface area contributed by atoms with Gasteiger partial charge in [-0.3, -0.25) is 9.59 Å². The van der Waals surface area contributed by atoms with Crippen LogP contribution in [0.4, 0.5) is 8.78 Å². The number of carboxylic acid groups (broad SMARTS) is 1. The Balaban J connectivity index is 2.72. The summed E-state index contributed by atoms with van der Waals surface area (Å²) >= 11 is 0. The van der Waals surface area contributed by atoms with Gasteiger partial charge in [-0.05, 0) is 12.8 Å². The molecule has 18 heavy (non-hydrogen) atoms. The summed E-state index contributed by atoms with van der Waals surface area (Å²) in [4.78, 5) is 23.8. The number of halogens is 2. The highest BCUT2D eigenvalue weighted by Crippen LogP contribution is 2.33. The van der Waals surface area contributed by atoms with E-state index in [-0.39, 0.29) is 6.54 Å². The van der Waals surface area contributed by atoms with Gasteiger partial charge in [-0.15, -0.1) is 0 Å². The summed E-state index contributed by atoms with van der Waals surface area (Å²) in [5.74, 6) is -3.19. The second kappa shape index (κ2) is 6.63. The molecule has 1 rings (SSSR count). The van der Waals surface area contributed by atoms with Gasteiger partial charge < -0.3 is 15.1 Å². The highest BCUT2D eigenvalue weighted by Gasteiger charge is 2.39. The van der Waals surface area contributed by atoms with Crippen molar-refractivity contribution in [3.8, 4) is 0 Å². The highest BCUT2D eigenvalue weighted by molar-refractivity contribution is 5.85. The van der Waals surface area contributed by atoms with E-state index in [0.29, 0.717) is 19.3 Å². The van der Waals surface area contributed by atoms with Crippen LogP contribution < -0.4 is 0 Å². The fourth-order valence-electron chi connectivity index (χ4n) is 2.36. The topological polar surface area (TPSA) is 77.8 Å². The minimum absolute atomic E-state index is 0.188. The lowest BCUT2D eigenvalue weighted by atomic mass is 9.94. The number of carboxylic acids is 1. The quantitative estimate of drug-likeness (QED) is 0.736. The average Bonchev–Trinajstić information content (AvgIpc) is 2.75. The first-order valence-corrected chi connectivity index (χ1v) is 5.88. The summed E-state index contributed by atoms with van der Waals surface area (Å²) in [6.45, 7) is -1.36. The van der Waals surface area contributed by atoms with E-state index in [1.54, 1.807) is 0 Å². The van der Waals surface area contributed by atoms with E-state index in [1.165, 1.54) is 0 Å². The number of rotatable bonds is 6. The maximum Gasteiger partial charge on any atom is 0.307 e. The molecular formula is C11H17F2NO4. The van der Waals surface area contributed by atoms with Crippen LogP contribution in [0.3, 0.4) is 0 Å². The van der Waals surface area contributed by atoms with Crippen molar-refractivity contribution in [1.82, 2.24) is 4.90 Å². The molecule has 1 fully saturated rings. The highest BCUT2D eigenvalue weighted by atomic mass is 19.3. The molecule has 2 N–H and O–H groups in total. The molecule has 0 aromatic rings. The molecule has 7 heteroatoms. The van der Waals surface area contributed by atoms with Gasteiger partial charge in [0.05, 0.1) is 25.0 Å². The van der Waals surface area contributed by atoms with Crippen molar-refractivity contribution < 1.29 is 28.6 Å². The molecule has 1 amide bonds. The largest absolute Gasteiger partial charge is 0.481 e. The van der Waals surface area contributed by atoms with Crippen LogP contribution in [0, 0.1) is 11.8 Å². The number of carbonyl (C=O) groups is 2. The van der Waals surface area contributed by atoms with Crippen LogP contribution in [0.5, 0.6) is 0 Å². The molecule has 0 aromatic carbocycles. The Labute approximate surface area is 103 Å². The van der Waals surface area contributed by atoms with Gasteiger partial charge in [-0.2, -0.15) is 0 Å². The SMILES string of the molecule is O=C(O)C1CCCC1C(=O)N(CCO)CC(F)F. The number of hydrogen-bond donors (Lipinski definition) is 2. The van der Waals surface area contributed by atoms with E-state index in [9.17, 15) is 18.4 Å². The third-order valence-corrected chi connectivity index (χ3v) is 3.19. The van der Waals surface area contributed by atoms with E-state index < -0.39 is 43.3 Å². The lowest BCUT2D eigenvalue weighted by Gasteiger charge is -2.26. The molecule has 0 spiro atoms. The fraction of sp³-hybridized carbons (Fsp3) is 0.818. The number of nitrogens with zero attached hydrogens (tertiary/aromatic N) is 1. The number of aliphatic carboxylic acids is 1. The molecule has 104 valence electrons. The molecular weight excluding hydrogens is 248 g/mol. The van der Waals surface area contributed by atoms with Gasteiger partial charge in [-0.1, -0.05) is 6.42 Å². The summed E-state index contributed by atoms with van der Waals surface area (Å²) in [5.41, 5.74) is 0. The molecule has 0 aromatic heterocycles. The summed E-state index contributed by atoms with van der Waals surface area (Å²) in [5, 5.41) is 17.7. The molecule has 0 saturated heterocycles. The number of hydrogen-bond acceptors (Lipinski definition) is 3. The van der Waals surface area contributed by atoms with Crippen LogP contribution in [0.2, 0.25) is 0 Å². The average molecular weight is 265 g/mol. The fourth-order valence-corrected chi connectivity index (χ4v) is 2.36. The monoisotopic (exact) mass is 265 g/mol.